The van der Waals surface area contributed by atoms with Crippen LogP contribution in [0.25, 0.3) is 12.2 Å². The van der Waals surface area contributed by atoms with E-state index in [1.807, 2.05) is 0 Å². The molecule has 0 heteroatoms. The van der Waals surface area contributed by atoms with Crippen LogP contribution in [-0.2, 0) is 0 Å². The van der Waals surface area contributed by atoms with E-state index in [-0.39, 0.29) is 0 Å². The monoisotopic (exact) mass is 290 g/mol. The van der Waals surface area contributed by atoms with E-state index in [4.69, 9.17) is 0 Å². The average molecular weight is 290 g/mol. The molecule has 0 aliphatic carbocycles. The first kappa shape index (κ1) is 16.3. The molecule has 22 heavy (non-hydrogen) atoms. The third-order valence-electron chi connectivity index (χ3n) is 4.11. The molecule has 0 aliphatic rings. The smallest absolute Gasteiger partial charge is 0.0198 e. The summed E-state index contributed by atoms with van der Waals surface area (Å²) >= 11 is 0. The molecule has 0 unspecified atom stereocenters. The molecule has 0 radical (unpaired) electrons. The van der Waals surface area contributed by atoms with Gasteiger partial charge in [0.2, 0.25) is 0 Å². The Hall–Kier alpha value is -2.08. The quantitative estimate of drug-likeness (QED) is 0.585. The fraction of sp³-hybridized carbons (Fsp3) is 0.273. The zero-order valence-corrected chi connectivity index (χ0v) is 14.6. The Balaban J connectivity index is 2.24. The molecule has 2 rings (SSSR count). The Labute approximate surface area is 135 Å². The van der Waals surface area contributed by atoms with Crippen LogP contribution in [0, 0.1) is 41.5 Å². The van der Waals surface area contributed by atoms with Crippen LogP contribution >= 0.6 is 0 Å². The van der Waals surface area contributed by atoms with Crippen LogP contribution in [0.15, 0.2) is 36.4 Å². The lowest BCUT2D eigenvalue weighted by Gasteiger charge is -2.07. The molecule has 0 nitrogen and oxygen atoms in total. The highest BCUT2D eigenvalue weighted by Crippen LogP contribution is 2.19. The molecular weight excluding hydrogens is 264 g/mol. The van der Waals surface area contributed by atoms with Crippen LogP contribution in [0.1, 0.15) is 44.5 Å². The van der Waals surface area contributed by atoms with Gasteiger partial charge in [0.1, 0.15) is 0 Å². The minimum Gasteiger partial charge on any atom is -0.0616 e. The summed E-state index contributed by atoms with van der Waals surface area (Å²) in [5.41, 5.74) is 10.7. The molecule has 0 aromatic heterocycles. The van der Waals surface area contributed by atoms with E-state index < -0.39 is 0 Å². The molecule has 0 spiro atoms. The van der Waals surface area contributed by atoms with Crippen molar-refractivity contribution in [3.05, 3.63) is 80.9 Å². The van der Waals surface area contributed by atoms with Crippen molar-refractivity contribution in [2.45, 2.75) is 41.5 Å². The molecule has 0 saturated heterocycles. The average Bonchev–Trinajstić information content (AvgIpc) is 2.38. The summed E-state index contributed by atoms with van der Waals surface area (Å²) in [6.07, 6.45) is 8.70. The topological polar surface area (TPSA) is 0 Å². The SMILES string of the molecule is Cc1cc(C)c(/C=C/C=C/c2c(C)cc(C)cc2C)c(C)c1. The second kappa shape index (κ2) is 6.79. The summed E-state index contributed by atoms with van der Waals surface area (Å²) < 4.78 is 0. The van der Waals surface area contributed by atoms with Crippen molar-refractivity contribution >= 4 is 12.2 Å². The number of hydrogen-bond acceptors (Lipinski definition) is 0. The van der Waals surface area contributed by atoms with Crippen LogP contribution in [0.3, 0.4) is 0 Å². The summed E-state index contributed by atoms with van der Waals surface area (Å²) in [7, 11) is 0. The lowest BCUT2D eigenvalue weighted by Crippen LogP contribution is -1.88. The van der Waals surface area contributed by atoms with Crippen LogP contribution in [-0.4, -0.2) is 0 Å². The van der Waals surface area contributed by atoms with Gasteiger partial charge in [-0.15, -0.1) is 0 Å². The molecule has 0 fully saturated rings. The van der Waals surface area contributed by atoms with E-state index in [9.17, 15) is 0 Å². The van der Waals surface area contributed by atoms with Crippen molar-refractivity contribution in [3.63, 3.8) is 0 Å². The number of hydrogen-bond donors (Lipinski definition) is 0. The highest BCUT2D eigenvalue weighted by Gasteiger charge is 2.00. The molecule has 0 atom stereocenters. The predicted molar refractivity (Wildman–Crippen MR) is 99.4 cm³/mol. The second-order valence-corrected chi connectivity index (χ2v) is 6.34. The molecular formula is C22H26. The van der Waals surface area contributed by atoms with Gasteiger partial charge in [0.15, 0.2) is 0 Å². The van der Waals surface area contributed by atoms with Crippen LogP contribution < -0.4 is 0 Å². The fourth-order valence-corrected chi connectivity index (χ4v) is 3.21. The Morgan fingerprint density at radius 3 is 1.05 bits per heavy atom. The van der Waals surface area contributed by atoms with Crippen molar-refractivity contribution in [1.29, 1.82) is 0 Å². The van der Waals surface area contributed by atoms with Gasteiger partial charge in [0, 0.05) is 0 Å². The van der Waals surface area contributed by atoms with Crippen LogP contribution in [0.2, 0.25) is 0 Å². The van der Waals surface area contributed by atoms with Gasteiger partial charge in [0.05, 0.1) is 0 Å². The van der Waals surface area contributed by atoms with E-state index in [1.54, 1.807) is 0 Å². The molecule has 0 bridgehead atoms. The molecule has 114 valence electrons. The summed E-state index contributed by atoms with van der Waals surface area (Å²) in [5.74, 6) is 0. The second-order valence-electron chi connectivity index (χ2n) is 6.34. The van der Waals surface area contributed by atoms with Crippen LogP contribution in [0.5, 0.6) is 0 Å². The maximum Gasteiger partial charge on any atom is -0.0198 e. The van der Waals surface area contributed by atoms with Crippen molar-refractivity contribution in [2.24, 2.45) is 0 Å². The third-order valence-corrected chi connectivity index (χ3v) is 4.11. The maximum atomic E-state index is 2.24. The van der Waals surface area contributed by atoms with E-state index in [2.05, 4.69) is 90.1 Å². The number of benzene rings is 2. The van der Waals surface area contributed by atoms with Crippen LogP contribution in [0.4, 0.5) is 0 Å². The van der Waals surface area contributed by atoms with Gasteiger partial charge in [-0.25, -0.2) is 0 Å². The van der Waals surface area contributed by atoms with Gasteiger partial charge in [-0.1, -0.05) is 59.7 Å². The van der Waals surface area contributed by atoms with Crippen molar-refractivity contribution < 1.29 is 0 Å². The molecule has 0 amide bonds. The van der Waals surface area contributed by atoms with Gasteiger partial charge in [-0.2, -0.15) is 0 Å². The zero-order chi connectivity index (χ0) is 16.3. The van der Waals surface area contributed by atoms with E-state index in [0.717, 1.165) is 0 Å². The molecule has 2 aromatic carbocycles. The standard InChI is InChI=1S/C22H26/c1-15-11-17(3)21(18(4)12-15)9-7-8-10-22-19(5)13-16(2)14-20(22)6/h7-14H,1-6H3/b9-7+,10-8+. The van der Waals surface area contributed by atoms with Crippen molar-refractivity contribution in [3.8, 4) is 0 Å². The first-order valence-corrected chi connectivity index (χ1v) is 7.89. The normalized spacial score (nSPS) is 11.7. The Kier molecular flexibility index (Phi) is 5.03. The Bertz CT molecular complexity index is 631. The fourth-order valence-electron chi connectivity index (χ4n) is 3.21. The van der Waals surface area contributed by atoms with E-state index in [1.165, 1.54) is 44.5 Å². The minimum atomic E-state index is 1.33. The number of allylic oxidation sites excluding steroid dienone is 2. The van der Waals surface area contributed by atoms with E-state index in [0.29, 0.717) is 0 Å². The van der Waals surface area contributed by atoms with Gasteiger partial charge in [-0.05, 0) is 74.9 Å². The van der Waals surface area contributed by atoms with E-state index >= 15 is 0 Å². The highest BCUT2D eigenvalue weighted by atomic mass is 14.1. The first-order valence-electron chi connectivity index (χ1n) is 7.89. The maximum absolute atomic E-state index is 2.24. The molecule has 2 aromatic rings. The summed E-state index contributed by atoms with van der Waals surface area (Å²) in [4.78, 5) is 0. The van der Waals surface area contributed by atoms with Gasteiger partial charge < -0.3 is 0 Å². The molecule has 0 saturated carbocycles. The van der Waals surface area contributed by atoms with Crippen molar-refractivity contribution in [2.75, 3.05) is 0 Å². The largest absolute Gasteiger partial charge is 0.0616 e. The highest BCUT2D eigenvalue weighted by molar-refractivity contribution is 5.64. The predicted octanol–water partition coefficient (Wildman–Crippen LogP) is 6.26. The molecule has 0 aliphatic heterocycles. The summed E-state index contributed by atoms with van der Waals surface area (Å²) in [6, 6.07) is 8.96. The first-order chi connectivity index (χ1) is 10.4. The molecule has 0 heterocycles. The van der Waals surface area contributed by atoms with Crippen molar-refractivity contribution in [1.82, 2.24) is 0 Å². The lowest BCUT2D eigenvalue weighted by molar-refractivity contribution is 1.30. The summed E-state index contributed by atoms with van der Waals surface area (Å²) in [5, 5.41) is 0. The Morgan fingerprint density at radius 2 is 0.773 bits per heavy atom. The molecule has 0 N–H and O–H groups in total. The number of rotatable bonds is 3. The minimum absolute atomic E-state index is 1.33. The number of aryl methyl sites for hydroxylation is 6. The Morgan fingerprint density at radius 1 is 0.500 bits per heavy atom. The van der Waals surface area contributed by atoms with Gasteiger partial charge in [0.25, 0.3) is 0 Å². The third kappa shape index (κ3) is 3.76. The van der Waals surface area contributed by atoms with Gasteiger partial charge in [-0.3, -0.25) is 0 Å². The van der Waals surface area contributed by atoms with Gasteiger partial charge >= 0.3 is 0 Å². The zero-order valence-electron chi connectivity index (χ0n) is 14.6. The lowest BCUT2D eigenvalue weighted by atomic mass is 9.98. The summed E-state index contributed by atoms with van der Waals surface area (Å²) in [6.45, 7) is 13.0.